The van der Waals surface area contributed by atoms with Crippen LogP contribution in [-0.4, -0.2) is 140 Å². The number of rotatable bonds is 24. The van der Waals surface area contributed by atoms with E-state index in [1.807, 2.05) is 60.7 Å². The summed E-state index contributed by atoms with van der Waals surface area (Å²) in [5.41, 5.74) is 6.21. The molecule has 16 heteroatoms. The van der Waals surface area contributed by atoms with Gasteiger partial charge in [0.15, 0.2) is 58.2 Å². The van der Waals surface area contributed by atoms with Crippen molar-refractivity contribution < 1.29 is 67.2 Å². The van der Waals surface area contributed by atoms with E-state index >= 15 is 0 Å². The Morgan fingerprint density at radius 1 is 0.493 bits per heavy atom. The lowest BCUT2D eigenvalue weighted by Crippen LogP contribution is -2.44. The summed E-state index contributed by atoms with van der Waals surface area (Å²) in [6, 6.07) is 19.1. The molecule has 2 aliphatic rings. The highest BCUT2D eigenvalue weighted by Gasteiger charge is 2.34. The van der Waals surface area contributed by atoms with Crippen LogP contribution in [0.3, 0.4) is 0 Å². The molecule has 2 N–H and O–H groups in total. The van der Waals surface area contributed by atoms with E-state index in [1.54, 1.807) is 56.9 Å². The molecule has 0 aliphatic carbocycles. The zero-order chi connectivity index (χ0) is 48.0. The molecule has 4 atom stereocenters. The molecular weight excluding hydrogens is 865 g/mol. The molecule has 0 saturated heterocycles. The fourth-order valence-corrected chi connectivity index (χ4v) is 9.05. The first-order chi connectivity index (χ1) is 32.5. The topological polar surface area (TPSA) is 173 Å². The van der Waals surface area contributed by atoms with E-state index in [4.69, 9.17) is 47.4 Å². The van der Waals surface area contributed by atoms with Gasteiger partial charge in [0.05, 0.1) is 70.1 Å². The number of aliphatic hydroxyl groups is 2. The minimum Gasteiger partial charge on any atom is -0.493 e. The number of benzene rings is 4. The third kappa shape index (κ3) is 12.3. The average Bonchev–Trinajstić information content (AvgIpc) is 3.35. The molecule has 0 amide bonds. The lowest BCUT2D eigenvalue weighted by atomic mass is 9.87. The molecule has 0 aromatic heterocycles. The van der Waals surface area contributed by atoms with Crippen molar-refractivity contribution >= 4 is 11.9 Å². The number of hydrogen-bond donors (Lipinski definition) is 2. The molecule has 0 saturated carbocycles. The van der Waals surface area contributed by atoms with Crippen molar-refractivity contribution in [1.82, 2.24) is 9.80 Å². The summed E-state index contributed by atoms with van der Waals surface area (Å²) in [6.07, 6.45) is 1.31. The molecule has 0 fully saturated rings. The van der Waals surface area contributed by atoms with Crippen LogP contribution in [0.2, 0.25) is 0 Å². The van der Waals surface area contributed by atoms with E-state index in [2.05, 4.69) is 9.80 Å². The van der Waals surface area contributed by atoms with Crippen LogP contribution in [0.5, 0.6) is 46.0 Å². The van der Waals surface area contributed by atoms with Crippen LogP contribution in [0, 0.1) is 0 Å². The zero-order valence-electron chi connectivity index (χ0n) is 40.0. The van der Waals surface area contributed by atoms with Crippen molar-refractivity contribution in [3.8, 4) is 46.0 Å². The Morgan fingerprint density at radius 2 is 0.836 bits per heavy atom. The van der Waals surface area contributed by atoms with Crippen LogP contribution in [0.15, 0.2) is 60.7 Å². The van der Waals surface area contributed by atoms with Crippen molar-refractivity contribution in [1.29, 1.82) is 0 Å². The normalized spacial score (nSPS) is 16.7. The largest absolute Gasteiger partial charge is 0.493 e. The summed E-state index contributed by atoms with van der Waals surface area (Å²) in [5.74, 6) is 3.50. The van der Waals surface area contributed by atoms with Gasteiger partial charge in [-0.3, -0.25) is 9.80 Å². The molecule has 0 radical (unpaired) electrons. The minimum atomic E-state index is -1.38. The summed E-state index contributed by atoms with van der Waals surface area (Å²) in [7, 11) is 12.8. The van der Waals surface area contributed by atoms with Gasteiger partial charge in [-0.25, -0.2) is 9.59 Å². The third-order valence-corrected chi connectivity index (χ3v) is 12.6. The lowest BCUT2D eigenvalue weighted by Gasteiger charge is -2.38. The minimum absolute atomic E-state index is 0.0622. The van der Waals surface area contributed by atoms with Gasteiger partial charge in [0, 0.05) is 38.3 Å². The highest BCUT2D eigenvalue weighted by atomic mass is 16.6. The standard InChI is InChI=1S/C51H66N2O14/c1-58-42-14-12-32(24-44(42)60-3)22-38-36-28-48(64-7)46(62-5)26-34(36)16-18-52(38)30-40(54)50(56)66-20-10-9-11-21-67-51(57)41(55)31-53-19-17-35-27-47(63-6)49(65-8)29-37(35)39(53)23-33-13-15-43(59-2)45(25-33)61-4/h12-15,24-29,38-41,54-55H,9-11,16-23,30-31H2,1-8H3. The number of carbonyl (C=O) groups is 2. The predicted octanol–water partition coefficient (Wildman–Crippen LogP) is 5.72. The average molecular weight is 931 g/mol. The van der Waals surface area contributed by atoms with Crippen molar-refractivity contribution in [3.05, 3.63) is 94.0 Å². The SMILES string of the molecule is COc1ccc(CC2c3cc(OC)c(OC)cc3CCN2CC(O)C(=O)OCCCCCOC(=O)C(O)CN2CCc3cc(OC)c(OC)cc3C2Cc2ccc(OC)c(OC)c2)cc1OC. The molecule has 2 aliphatic heterocycles. The highest BCUT2D eigenvalue weighted by molar-refractivity contribution is 5.75. The van der Waals surface area contributed by atoms with Gasteiger partial charge in [-0.15, -0.1) is 0 Å². The van der Waals surface area contributed by atoms with E-state index in [0.717, 1.165) is 33.4 Å². The number of nitrogens with zero attached hydrogens (tertiary/aromatic N) is 2. The monoisotopic (exact) mass is 930 g/mol. The Bertz CT molecular complexity index is 2130. The van der Waals surface area contributed by atoms with Gasteiger partial charge in [-0.05, 0) is 127 Å². The van der Waals surface area contributed by atoms with Crippen LogP contribution < -0.4 is 37.9 Å². The second kappa shape index (κ2) is 24.2. The Kier molecular flexibility index (Phi) is 18.2. The molecule has 16 nitrogen and oxygen atoms in total. The third-order valence-electron chi connectivity index (χ3n) is 12.6. The Labute approximate surface area is 393 Å². The van der Waals surface area contributed by atoms with Gasteiger partial charge in [-0.2, -0.15) is 0 Å². The summed E-state index contributed by atoms with van der Waals surface area (Å²) < 4.78 is 55.5. The number of hydrogen-bond acceptors (Lipinski definition) is 16. The van der Waals surface area contributed by atoms with E-state index in [0.29, 0.717) is 104 Å². The number of carbonyl (C=O) groups excluding carboxylic acids is 2. The molecule has 0 bridgehead atoms. The number of esters is 2. The van der Waals surface area contributed by atoms with Gasteiger partial charge >= 0.3 is 11.9 Å². The molecule has 2 heterocycles. The summed E-state index contributed by atoms with van der Waals surface area (Å²) >= 11 is 0. The number of β-amino-alcohol motifs (C(OH)–C–C–N with tert-alkyl or cyclic N) is 2. The molecule has 67 heavy (non-hydrogen) atoms. The summed E-state index contributed by atoms with van der Waals surface area (Å²) in [6.45, 7) is 1.50. The molecule has 0 spiro atoms. The first kappa shape index (κ1) is 50.5. The number of fused-ring (bicyclic) bond motifs is 2. The van der Waals surface area contributed by atoms with E-state index in [-0.39, 0.29) is 38.4 Å². The van der Waals surface area contributed by atoms with Crippen molar-refractivity contribution in [3.63, 3.8) is 0 Å². The van der Waals surface area contributed by atoms with Crippen LogP contribution >= 0.6 is 0 Å². The number of aliphatic hydroxyl groups excluding tert-OH is 2. The number of unbranched alkanes of at least 4 members (excludes halogenated alkanes) is 2. The quantitative estimate of drug-likeness (QED) is 0.0645. The molecule has 4 unspecified atom stereocenters. The Morgan fingerprint density at radius 3 is 1.19 bits per heavy atom. The van der Waals surface area contributed by atoms with Crippen LogP contribution in [0.4, 0.5) is 0 Å². The smallest absolute Gasteiger partial charge is 0.336 e. The molecule has 4 aromatic rings. The van der Waals surface area contributed by atoms with Crippen LogP contribution in [-0.2, 0) is 44.7 Å². The maximum Gasteiger partial charge on any atom is 0.336 e. The maximum atomic E-state index is 13.1. The second-order valence-corrected chi connectivity index (χ2v) is 16.5. The molecule has 6 rings (SSSR count). The van der Waals surface area contributed by atoms with Gasteiger partial charge in [-0.1, -0.05) is 12.1 Å². The van der Waals surface area contributed by atoms with Crippen molar-refractivity contribution in [2.24, 2.45) is 0 Å². The Hall–Kier alpha value is -5.94. The molecular formula is C51H66N2O14. The first-order valence-electron chi connectivity index (χ1n) is 22.6. The summed E-state index contributed by atoms with van der Waals surface area (Å²) in [4.78, 5) is 30.4. The van der Waals surface area contributed by atoms with E-state index in [1.165, 1.54) is 0 Å². The fraction of sp³-hybridized carbons (Fsp3) is 0.490. The number of ether oxygens (including phenoxy) is 10. The fourth-order valence-electron chi connectivity index (χ4n) is 9.05. The van der Waals surface area contributed by atoms with Gasteiger partial charge in [0.2, 0.25) is 0 Å². The van der Waals surface area contributed by atoms with Gasteiger partial charge < -0.3 is 57.6 Å². The first-order valence-corrected chi connectivity index (χ1v) is 22.6. The Balaban J connectivity index is 0.990. The molecule has 4 aromatic carbocycles. The lowest BCUT2D eigenvalue weighted by molar-refractivity contribution is -0.155. The van der Waals surface area contributed by atoms with Gasteiger partial charge in [0.1, 0.15) is 0 Å². The zero-order valence-corrected chi connectivity index (χ0v) is 40.0. The summed E-state index contributed by atoms with van der Waals surface area (Å²) in [5, 5.41) is 22.3. The predicted molar refractivity (Wildman–Crippen MR) is 249 cm³/mol. The molecule has 364 valence electrons. The van der Waals surface area contributed by atoms with Gasteiger partial charge in [0.25, 0.3) is 0 Å². The van der Waals surface area contributed by atoms with E-state index in [9.17, 15) is 19.8 Å². The number of methoxy groups -OCH3 is 8. The maximum absolute atomic E-state index is 13.1. The van der Waals surface area contributed by atoms with Crippen molar-refractivity contribution in [2.45, 2.75) is 69.2 Å². The highest BCUT2D eigenvalue weighted by Crippen LogP contribution is 2.42. The van der Waals surface area contributed by atoms with Crippen LogP contribution in [0.25, 0.3) is 0 Å². The van der Waals surface area contributed by atoms with Crippen LogP contribution in [0.1, 0.15) is 64.7 Å². The van der Waals surface area contributed by atoms with Crippen molar-refractivity contribution in [2.75, 3.05) is 96.3 Å². The van der Waals surface area contributed by atoms with E-state index < -0.39 is 24.1 Å². The second-order valence-electron chi connectivity index (χ2n) is 16.5.